The lowest BCUT2D eigenvalue weighted by molar-refractivity contribution is 0.296. The van der Waals surface area contributed by atoms with Gasteiger partial charge in [-0.2, -0.15) is 0 Å². The fraction of sp³-hybridized carbons (Fsp3) is 0.385. The molecule has 0 spiro atoms. The second-order valence-electron chi connectivity index (χ2n) is 4.45. The summed E-state index contributed by atoms with van der Waals surface area (Å²) in [6.45, 7) is 2.60. The van der Waals surface area contributed by atoms with Gasteiger partial charge in [0.15, 0.2) is 4.60 Å². The van der Waals surface area contributed by atoms with Crippen LogP contribution < -0.4 is 10.5 Å². The maximum atomic E-state index is 6.12. The van der Waals surface area contributed by atoms with Crippen molar-refractivity contribution in [2.45, 2.75) is 19.4 Å². The number of halogens is 1. The highest BCUT2D eigenvalue weighted by atomic mass is 79.9. The van der Waals surface area contributed by atoms with Crippen LogP contribution in [0.4, 0.5) is 0 Å². The molecular formula is C13H17BrN4O. The predicted octanol–water partition coefficient (Wildman–Crippen LogP) is 2.35. The zero-order chi connectivity index (χ0) is 13.8. The minimum atomic E-state index is -0.154. The van der Waals surface area contributed by atoms with Crippen molar-refractivity contribution in [1.29, 1.82) is 0 Å². The van der Waals surface area contributed by atoms with E-state index >= 15 is 0 Å². The van der Waals surface area contributed by atoms with Crippen LogP contribution in [-0.4, -0.2) is 21.6 Å². The molecule has 0 aliphatic carbocycles. The lowest BCUT2D eigenvalue weighted by atomic mass is 10.2. The van der Waals surface area contributed by atoms with Crippen LogP contribution in [0, 0.1) is 6.92 Å². The number of nitrogens with zero attached hydrogens (tertiary/aromatic N) is 3. The van der Waals surface area contributed by atoms with Gasteiger partial charge < -0.3 is 10.5 Å². The molecule has 1 aromatic heterocycles. The Balaban J connectivity index is 1.89. The standard InChI is InChI=1S/C13H17BrN4O/c1-9-4-3-5-10(8-9)19-7-6-11(15)12-13(14)16-17-18(12)2/h3-5,8,11H,6-7,15H2,1-2H3. The molecule has 0 amide bonds. The molecule has 2 rings (SSSR count). The summed E-state index contributed by atoms with van der Waals surface area (Å²) >= 11 is 3.35. The molecule has 0 saturated carbocycles. The van der Waals surface area contributed by atoms with Crippen molar-refractivity contribution in [1.82, 2.24) is 15.0 Å². The Morgan fingerprint density at radius 3 is 2.89 bits per heavy atom. The van der Waals surface area contributed by atoms with Crippen molar-refractivity contribution < 1.29 is 4.74 Å². The molecular weight excluding hydrogens is 308 g/mol. The van der Waals surface area contributed by atoms with Gasteiger partial charge in [-0.25, -0.2) is 4.68 Å². The summed E-state index contributed by atoms with van der Waals surface area (Å²) < 4.78 is 8.06. The van der Waals surface area contributed by atoms with E-state index in [1.807, 2.05) is 38.2 Å². The second-order valence-corrected chi connectivity index (χ2v) is 5.20. The van der Waals surface area contributed by atoms with Gasteiger partial charge in [-0.15, -0.1) is 5.10 Å². The van der Waals surface area contributed by atoms with Crippen LogP contribution in [0.1, 0.15) is 23.7 Å². The van der Waals surface area contributed by atoms with Gasteiger partial charge in [0.25, 0.3) is 0 Å². The van der Waals surface area contributed by atoms with Crippen LogP contribution in [0.2, 0.25) is 0 Å². The average Bonchev–Trinajstić information content (AvgIpc) is 2.69. The normalized spacial score (nSPS) is 12.4. The summed E-state index contributed by atoms with van der Waals surface area (Å²) in [7, 11) is 1.83. The first-order chi connectivity index (χ1) is 9.08. The minimum absolute atomic E-state index is 0.154. The monoisotopic (exact) mass is 324 g/mol. The number of aromatic nitrogens is 3. The zero-order valence-corrected chi connectivity index (χ0v) is 12.6. The molecule has 1 unspecified atom stereocenters. The van der Waals surface area contributed by atoms with Crippen molar-refractivity contribution in [2.24, 2.45) is 12.8 Å². The Hall–Kier alpha value is -1.40. The molecule has 0 bridgehead atoms. The highest BCUT2D eigenvalue weighted by molar-refractivity contribution is 9.10. The summed E-state index contributed by atoms with van der Waals surface area (Å²) in [5.41, 5.74) is 8.19. The van der Waals surface area contributed by atoms with Crippen LogP contribution >= 0.6 is 15.9 Å². The van der Waals surface area contributed by atoms with Crippen molar-refractivity contribution in [2.75, 3.05) is 6.61 Å². The molecule has 6 heteroatoms. The molecule has 102 valence electrons. The molecule has 0 aliphatic rings. The van der Waals surface area contributed by atoms with Crippen molar-refractivity contribution >= 4 is 15.9 Å². The molecule has 0 saturated heterocycles. The highest BCUT2D eigenvalue weighted by Gasteiger charge is 2.16. The predicted molar refractivity (Wildman–Crippen MR) is 76.9 cm³/mol. The molecule has 0 radical (unpaired) electrons. The molecule has 2 N–H and O–H groups in total. The van der Waals surface area contributed by atoms with Gasteiger partial charge in [0.1, 0.15) is 5.75 Å². The zero-order valence-electron chi connectivity index (χ0n) is 11.0. The van der Waals surface area contributed by atoms with E-state index in [0.29, 0.717) is 17.6 Å². The van der Waals surface area contributed by atoms with Crippen molar-refractivity contribution in [3.8, 4) is 5.75 Å². The summed E-state index contributed by atoms with van der Waals surface area (Å²) in [4.78, 5) is 0. The van der Waals surface area contributed by atoms with Crippen molar-refractivity contribution in [3.63, 3.8) is 0 Å². The quantitative estimate of drug-likeness (QED) is 0.916. The topological polar surface area (TPSA) is 66.0 Å². The fourth-order valence-electron chi connectivity index (χ4n) is 1.88. The molecule has 0 fully saturated rings. The fourth-order valence-corrected chi connectivity index (χ4v) is 2.50. The lowest BCUT2D eigenvalue weighted by Crippen LogP contribution is -2.18. The number of aryl methyl sites for hydroxylation is 2. The van der Waals surface area contributed by atoms with Crippen LogP contribution in [-0.2, 0) is 7.05 Å². The first-order valence-corrected chi connectivity index (χ1v) is 6.87. The Kier molecular flexibility index (Phi) is 4.55. The molecule has 0 aliphatic heterocycles. The van der Waals surface area contributed by atoms with Gasteiger partial charge in [0, 0.05) is 13.5 Å². The van der Waals surface area contributed by atoms with Gasteiger partial charge in [0.2, 0.25) is 0 Å². The van der Waals surface area contributed by atoms with E-state index in [9.17, 15) is 0 Å². The Morgan fingerprint density at radius 1 is 1.47 bits per heavy atom. The van der Waals surface area contributed by atoms with E-state index in [1.54, 1.807) is 4.68 Å². The Labute approximate surface area is 120 Å². The summed E-state index contributed by atoms with van der Waals surface area (Å²) in [6, 6.07) is 7.82. The number of hydrogen-bond acceptors (Lipinski definition) is 4. The first kappa shape index (κ1) is 14.0. The average molecular weight is 325 g/mol. The van der Waals surface area contributed by atoms with Crippen LogP contribution in [0.25, 0.3) is 0 Å². The SMILES string of the molecule is Cc1cccc(OCCC(N)c2c(Br)nnn2C)c1. The molecule has 1 heterocycles. The maximum Gasteiger partial charge on any atom is 0.153 e. The van der Waals surface area contributed by atoms with Crippen LogP contribution in [0.3, 0.4) is 0 Å². The maximum absolute atomic E-state index is 6.12. The van der Waals surface area contributed by atoms with E-state index in [-0.39, 0.29) is 6.04 Å². The molecule has 2 aromatic rings. The number of ether oxygens (including phenoxy) is 1. The third-order valence-corrected chi connectivity index (χ3v) is 3.43. The van der Waals surface area contributed by atoms with Crippen molar-refractivity contribution in [3.05, 3.63) is 40.1 Å². The van der Waals surface area contributed by atoms with Gasteiger partial charge in [-0.3, -0.25) is 0 Å². The van der Waals surface area contributed by atoms with E-state index in [4.69, 9.17) is 10.5 Å². The lowest BCUT2D eigenvalue weighted by Gasteiger charge is -2.13. The van der Waals surface area contributed by atoms with Gasteiger partial charge >= 0.3 is 0 Å². The number of benzene rings is 1. The van der Waals surface area contributed by atoms with E-state index in [1.165, 1.54) is 5.56 Å². The van der Waals surface area contributed by atoms with E-state index < -0.39 is 0 Å². The number of rotatable bonds is 5. The minimum Gasteiger partial charge on any atom is -0.494 e. The second kappa shape index (κ2) is 6.16. The third kappa shape index (κ3) is 3.54. The molecule has 1 atom stereocenters. The van der Waals surface area contributed by atoms with Crippen LogP contribution in [0.15, 0.2) is 28.9 Å². The van der Waals surface area contributed by atoms with Gasteiger partial charge in [0.05, 0.1) is 18.3 Å². The van der Waals surface area contributed by atoms with E-state index in [0.717, 1.165) is 11.4 Å². The van der Waals surface area contributed by atoms with Gasteiger partial charge in [-0.05, 0) is 40.5 Å². The molecule has 19 heavy (non-hydrogen) atoms. The van der Waals surface area contributed by atoms with Gasteiger partial charge in [-0.1, -0.05) is 17.3 Å². The van der Waals surface area contributed by atoms with E-state index in [2.05, 4.69) is 26.2 Å². The third-order valence-electron chi connectivity index (χ3n) is 2.87. The Bertz CT molecular complexity index is 536. The summed E-state index contributed by atoms with van der Waals surface area (Å²) in [5, 5.41) is 7.84. The molecule has 1 aromatic carbocycles. The molecule has 5 nitrogen and oxygen atoms in total. The summed E-state index contributed by atoms with van der Waals surface area (Å²) in [5.74, 6) is 0.870. The highest BCUT2D eigenvalue weighted by Crippen LogP contribution is 2.21. The largest absolute Gasteiger partial charge is 0.494 e. The summed E-state index contributed by atoms with van der Waals surface area (Å²) in [6.07, 6.45) is 0.702. The smallest absolute Gasteiger partial charge is 0.153 e. The number of hydrogen-bond donors (Lipinski definition) is 1. The number of nitrogens with two attached hydrogens (primary N) is 1. The Morgan fingerprint density at radius 2 is 2.26 bits per heavy atom. The first-order valence-electron chi connectivity index (χ1n) is 6.08. The van der Waals surface area contributed by atoms with Crippen LogP contribution in [0.5, 0.6) is 5.75 Å².